The number of hydrogen-bond acceptors (Lipinski definition) is 8. The summed E-state index contributed by atoms with van der Waals surface area (Å²) in [6.45, 7) is 5.17. The zero-order chi connectivity index (χ0) is 23.4. The summed E-state index contributed by atoms with van der Waals surface area (Å²) in [5.74, 6) is 0.218. The number of pyridine rings is 2. The monoisotopic (exact) mass is 454 g/mol. The maximum atomic E-state index is 12.8. The van der Waals surface area contributed by atoms with Crippen molar-refractivity contribution < 1.29 is 14.6 Å². The lowest BCUT2D eigenvalue weighted by molar-refractivity contribution is -0.117. The summed E-state index contributed by atoms with van der Waals surface area (Å²) in [6, 6.07) is 3.81. The van der Waals surface area contributed by atoms with E-state index in [0.29, 0.717) is 39.5 Å². The van der Waals surface area contributed by atoms with Crippen LogP contribution in [-0.4, -0.2) is 43.0 Å². The number of nitriles is 1. The summed E-state index contributed by atoms with van der Waals surface area (Å²) >= 11 is 6.34. The molecule has 0 unspecified atom stereocenters. The molecule has 0 aliphatic carbocycles. The molecule has 32 heavy (non-hydrogen) atoms. The van der Waals surface area contributed by atoms with E-state index >= 15 is 0 Å². The average Bonchev–Trinajstić information content (AvgIpc) is 3.24. The fourth-order valence-corrected chi connectivity index (χ4v) is 3.58. The molecule has 3 aromatic heterocycles. The van der Waals surface area contributed by atoms with Crippen molar-refractivity contribution in [1.29, 1.82) is 5.26 Å². The minimum Gasteiger partial charge on any atom is -0.387 e. The number of halogens is 1. The molecule has 10 heteroatoms. The van der Waals surface area contributed by atoms with E-state index in [0.717, 1.165) is 0 Å². The number of aromatic nitrogens is 5. The molecule has 9 nitrogen and oxygen atoms in total. The minimum absolute atomic E-state index is 0.0803. The quantitative estimate of drug-likeness (QED) is 0.550. The predicted molar refractivity (Wildman–Crippen MR) is 116 cm³/mol. The second-order valence-electron chi connectivity index (χ2n) is 7.42. The van der Waals surface area contributed by atoms with Crippen molar-refractivity contribution in [2.24, 2.45) is 0 Å². The van der Waals surface area contributed by atoms with E-state index < -0.39 is 6.10 Å². The van der Waals surface area contributed by atoms with Gasteiger partial charge < -0.3 is 9.84 Å². The fourth-order valence-electron chi connectivity index (χ4n) is 3.31. The minimum atomic E-state index is -0.761. The van der Waals surface area contributed by atoms with Gasteiger partial charge >= 0.3 is 0 Å². The van der Waals surface area contributed by atoms with E-state index in [1.165, 1.54) is 17.2 Å². The van der Waals surface area contributed by atoms with E-state index in [2.05, 4.69) is 26.2 Å². The standard InChI is InChI=1S/C22H23ClN6O3/c1-12-18(8-24)21(14(3)32-4)16(10-25-12)7-17(31)5-15-6-19(23)22(26-9-15)29-27-11-20(28-29)13(2)30/h6,9-11,13-14,30H,5,7H2,1-4H3/t13-,14-/m0/s1. The van der Waals surface area contributed by atoms with Gasteiger partial charge in [-0.05, 0) is 38.0 Å². The number of ketones is 1. The first-order valence-corrected chi connectivity index (χ1v) is 10.3. The van der Waals surface area contributed by atoms with Gasteiger partial charge in [-0.25, -0.2) is 4.98 Å². The molecule has 166 valence electrons. The van der Waals surface area contributed by atoms with Gasteiger partial charge in [-0.1, -0.05) is 11.6 Å². The van der Waals surface area contributed by atoms with Crippen molar-refractivity contribution in [3.63, 3.8) is 0 Å². The van der Waals surface area contributed by atoms with Crippen molar-refractivity contribution in [1.82, 2.24) is 25.0 Å². The van der Waals surface area contributed by atoms with Crippen LogP contribution in [0.15, 0.2) is 24.7 Å². The fraction of sp³-hybridized carbons (Fsp3) is 0.364. The third-order valence-electron chi connectivity index (χ3n) is 5.06. The molecule has 0 aromatic carbocycles. The Hall–Kier alpha value is -3.19. The molecule has 0 aliphatic rings. The molecule has 0 bridgehead atoms. The Morgan fingerprint density at radius 3 is 2.62 bits per heavy atom. The molecule has 0 amide bonds. The Kier molecular flexibility index (Phi) is 7.30. The molecule has 0 fully saturated rings. The van der Waals surface area contributed by atoms with Crippen molar-refractivity contribution in [3.8, 4) is 11.9 Å². The molecule has 0 radical (unpaired) electrons. The molecule has 0 spiro atoms. The summed E-state index contributed by atoms with van der Waals surface area (Å²) < 4.78 is 5.41. The van der Waals surface area contributed by atoms with Gasteiger partial charge in [0, 0.05) is 37.9 Å². The molecule has 0 aliphatic heterocycles. The lowest BCUT2D eigenvalue weighted by Gasteiger charge is -2.17. The number of hydrogen-bond donors (Lipinski definition) is 1. The Labute approximate surface area is 190 Å². The number of aliphatic hydroxyl groups is 1. The van der Waals surface area contributed by atoms with Crippen molar-refractivity contribution in [2.45, 2.75) is 45.8 Å². The van der Waals surface area contributed by atoms with Crippen molar-refractivity contribution in [3.05, 3.63) is 63.3 Å². The van der Waals surface area contributed by atoms with Gasteiger partial charge in [-0.3, -0.25) is 9.78 Å². The molecular weight excluding hydrogens is 432 g/mol. The first-order valence-electron chi connectivity index (χ1n) is 9.93. The van der Waals surface area contributed by atoms with Crippen LogP contribution in [0.4, 0.5) is 0 Å². The van der Waals surface area contributed by atoms with Crippen LogP contribution in [0, 0.1) is 18.3 Å². The molecular formula is C22H23ClN6O3. The number of methoxy groups -OCH3 is 1. The number of carbonyl (C=O) groups is 1. The first kappa shape index (κ1) is 23.5. The van der Waals surface area contributed by atoms with Gasteiger partial charge in [-0.2, -0.15) is 10.4 Å². The van der Waals surface area contributed by atoms with E-state index in [-0.39, 0.29) is 29.8 Å². The smallest absolute Gasteiger partial charge is 0.193 e. The highest BCUT2D eigenvalue weighted by atomic mass is 35.5. The number of ether oxygens (including phenoxy) is 1. The molecule has 3 aromatic rings. The van der Waals surface area contributed by atoms with Gasteiger partial charge in [0.25, 0.3) is 0 Å². The number of aryl methyl sites for hydroxylation is 1. The molecule has 3 rings (SSSR count). The van der Waals surface area contributed by atoms with Crippen molar-refractivity contribution in [2.75, 3.05) is 7.11 Å². The first-order chi connectivity index (χ1) is 15.2. The van der Waals surface area contributed by atoms with Crippen molar-refractivity contribution >= 4 is 17.4 Å². The summed E-state index contributed by atoms with van der Waals surface area (Å²) in [7, 11) is 1.56. The number of carbonyl (C=O) groups excluding carboxylic acids is 1. The third kappa shape index (κ3) is 4.99. The van der Waals surface area contributed by atoms with Gasteiger partial charge in [-0.15, -0.1) is 9.90 Å². The van der Waals surface area contributed by atoms with E-state index in [9.17, 15) is 15.2 Å². The van der Waals surface area contributed by atoms with Gasteiger partial charge in [0.1, 0.15) is 17.5 Å². The lowest BCUT2D eigenvalue weighted by atomic mass is 9.94. The molecule has 1 N–H and O–H groups in total. The SMILES string of the molecule is CO[C@@H](C)c1c(CC(=O)Cc2cnc(-n3ncc([C@H](C)O)n3)c(Cl)c2)cnc(C)c1C#N. The van der Waals surface area contributed by atoms with Gasteiger partial charge in [0.15, 0.2) is 5.82 Å². The molecule has 3 heterocycles. The van der Waals surface area contributed by atoms with E-state index in [4.69, 9.17) is 16.3 Å². The Balaban J connectivity index is 1.80. The maximum absolute atomic E-state index is 12.8. The second-order valence-corrected chi connectivity index (χ2v) is 7.83. The van der Waals surface area contributed by atoms with Gasteiger partial charge in [0.2, 0.25) is 0 Å². The van der Waals surface area contributed by atoms with Crippen LogP contribution in [0.3, 0.4) is 0 Å². The molecule has 0 saturated carbocycles. The predicted octanol–water partition coefficient (Wildman–Crippen LogP) is 3.01. The summed E-state index contributed by atoms with van der Waals surface area (Å²) in [4.78, 5) is 22.6. The average molecular weight is 455 g/mol. The highest BCUT2D eigenvalue weighted by Crippen LogP contribution is 2.27. The maximum Gasteiger partial charge on any atom is 0.193 e. The van der Waals surface area contributed by atoms with Gasteiger partial charge in [0.05, 0.1) is 34.7 Å². The number of Topliss-reactive ketones (excluding diaryl/α,β-unsaturated/α-hetero) is 1. The van der Waals surface area contributed by atoms with Crippen LogP contribution >= 0.6 is 11.6 Å². The second kappa shape index (κ2) is 9.96. The van der Waals surface area contributed by atoms with Crippen LogP contribution in [0.1, 0.15) is 59.7 Å². The molecule has 2 atom stereocenters. The lowest BCUT2D eigenvalue weighted by Crippen LogP contribution is -2.13. The normalized spacial score (nSPS) is 12.9. The third-order valence-corrected chi connectivity index (χ3v) is 5.34. The zero-order valence-corrected chi connectivity index (χ0v) is 19.0. The number of aliphatic hydroxyl groups excluding tert-OH is 1. The Morgan fingerprint density at radius 2 is 2.03 bits per heavy atom. The van der Waals surface area contributed by atoms with Crippen LogP contribution in [0.25, 0.3) is 5.82 Å². The Bertz CT molecular complexity index is 1180. The zero-order valence-electron chi connectivity index (χ0n) is 18.2. The largest absolute Gasteiger partial charge is 0.387 e. The van der Waals surface area contributed by atoms with E-state index in [1.807, 2.05) is 6.92 Å². The Morgan fingerprint density at radius 1 is 1.28 bits per heavy atom. The highest BCUT2D eigenvalue weighted by molar-refractivity contribution is 6.32. The topological polar surface area (TPSA) is 127 Å². The molecule has 0 saturated heterocycles. The number of rotatable bonds is 8. The number of nitrogens with zero attached hydrogens (tertiary/aromatic N) is 6. The highest BCUT2D eigenvalue weighted by Gasteiger charge is 2.20. The van der Waals surface area contributed by atoms with Crippen LogP contribution < -0.4 is 0 Å². The van der Waals surface area contributed by atoms with Crippen LogP contribution in [0.2, 0.25) is 5.02 Å². The summed E-state index contributed by atoms with van der Waals surface area (Å²) in [5, 5.41) is 27.6. The summed E-state index contributed by atoms with van der Waals surface area (Å²) in [5.41, 5.74) is 3.40. The van der Waals surface area contributed by atoms with Crippen LogP contribution in [-0.2, 0) is 22.4 Å². The van der Waals surface area contributed by atoms with Crippen LogP contribution in [0.5, 0.6) is 0 Å². The summed E-state index contributed by atoms with van der Waals surface area (Å²) in [6.07, 6.45) is 3.69. The van der Waals surface area contributed by atoms with E-state index in [1.54, 1.807) is 33.2 Å².